The van der Waals surface area contributed by atoms with E-state index in [1.807, 2.05) is 13.2 Å². The van der Waals surface area contributed by atoms with E-state index in [1.54, 1.807) is 29.9 Å². The fourth-order valence-electron chi connectivity index (χ4n) is 1.85. The molecule has 2 rings (SSSR count). The van der Waals surface area contributed by atoms with Gasteiger partial charge in [-0.15, -0.1) is 11.8 Å². The number of thioether (sulfide) groups is 1. The largest absolute Gasteiger partial charge is 0.337 e. The molecular weight excluding hydrogens is 258 g/mol. The number of nitrogens with one attached hydrogen (secondary N) is 1. The van der Waals surface area contributed by atoms with Crippen LogP contribution in [0.1, 0.15) is 21.6 Å². The molecule has 0 fully saturated rings. The number of carbonyl (C=O) groups is 1. The van der Waals surface area contributed by atoms with Gasteiger partial charge in [-0.2, -0.15) is 5.10 Å². The highest BCUT2D eigenvalue weighted by Crippen LogP contribution is 2.16. The summed E-state index contributed by atoms with van der Waals surface area (Å²) in [5.41, 5.74) is 2.55. The average Bonchev–Trinajstić information content (AvgIpc) is 2.85. The lowest BCUT2D eigenvalue weighted by atomic mass is 10.2. The lowest BCUT2D eigenvalue weighted by Gasteiger charge is -2.17. The maximum atomic E-state index is 12.2. The van der Waals surface area contributed by atoms with Crippen LogP contribution >= 0.6 is 11.8 Å². The number of H-pyrrole nitrogens is 1. The number of benzene rings is 1. The van der Waals surface area contributed by atoms with Crippen molar-refractivity contribution in [3.05, 3.63) is 47.3 Å². The van der Waals surface area contributed by atoms with Crippen LogP contribution in [0, 0.1) is 6.92 Å². The van der Waals surface area contributed by atoms with Crippen molar-refractivity contribution in [3.63, 3.8) is 0 Å². The Kier molecular flexibility index (Phi) is 4.27. The van der Waals surface area contributed by atoms with Gasteiger partial charge in [0, 0.05) is 24.2 Å². The first-order valence-corrected chi connectivity index (χ1v) is 7.22. The summed E-state index contributed by atoms with van der Waals surface area (Å²) in [5.74, 6) is -0.0137. The van der Waals surface area contributed by atoms with Gasteiger partial charge in [0.05, 0.1) is 11.8 Å². The Labute approximate surface area is 117 Å². The molecule has 0 radical (unpaired) electrons. The number of aromatic nitrogens is 2. The van der Waals surface area contributed by atoms with Crippen LogP contribution in [-0.2, 0) is 6.54 Å². The Bertz CT molecular complexity index is 562. The number of hydrogen-bond donors (Lipinski definition) is 1. The van der Waals surface area contributed by atoms with E-state index >= 15 is 0 Å². The van der Waals surface area contributed by atoms with Crippen LogP contribution in [0.2, 0.25) is 0 Å². The number of rotatable bonds is 4. The van der Waals surface area contributed by atoms with E-state index in [9.17, 15) is 4.79 Å². The molecule has 1 heterocycles. The Morgan fingerprint density at radius 2 is 2.05 bits per heavy atom. The van der Waals surface area contributed by atoms with Crippen molar-refractivity contribution in [2.75, 3.05) is 13.3 Å². The summed E-state index contributed by atoms with van der Waals surface area (Å²) >= 11 is 1.71. The molecule has 0 unspecified atom stereocenters. The lowest BCUT2D eigenvalue weighted by molar-refractivity contribution is 0.0784. The van der Waals surface area contributed by atoms with Crippen LogP contribution in [0.25, 0.3) is 0 Å². The first-order valence-electron chi connectivity index (χ1n) is 6.00. The summed E-state index contributed by atoms with van der Waals surface area (Å²) in [5, 5.41) is 6.66. The molecule has 0 bridgehead atoms. The monoisotopic (exact) mass is 275 g/mol. The zero-order chi connectivity index (χ0) is 13.8. The number of carbonyl (C=O) groups excluding carboxylic acids is 1. The predicted molar refractivity (Wildman–Crippen MR) is 77.3 cm³/mol. The van der Waals surface area contributed by atoms with Gasteiger partial charge in [-0.25, -0.2) is 0 Å². The first kappa shape index (κ1) is 13.7. The van der Waals surface area contributed by atoms with Crippen LogP contribution in [0.5, 0.6) is 0 Å². The van der Waals surface area contributed by atoms with Gasteiger partial charge in [0.25, 0.3) is 5.91 Å². The van der Waals surface area contributed by atoms with Crippen molar-refractivity contribution < 1.29 is 4.79 Å². The molecule has 0 aliphatic rings. The Morgan fingerprint density at radius 3 is 2.58 bits per heavy atom. The van der Waals surface area contributed by atoms with E-state index in [0.29, 0.717) is 12.1 Å². The topological polar surface area (TPSA) is 49.0 Å². The second-order valence-corrected chi connectivity index (χ2v) is 5.30. The minimum Gasteiger partial charge on any atom is -0.337 e. The van der Waals surface area contributed by atoms with E-state index < -0.39 is 0 Å². The average molecular weight is 275 g/mol. The zero-order valence-corrected chi connectivity index (χ0v) is 12.1. The van der Waals surface area contributed by atoms with Gasteiger partial charge in [0.2, 0.25) is 0 Å². The van der Waals surface area contributed by atoms with Gasteiger partial charge in [0.1, 0.15) is 0 Å². The first-order chi connectivity index (χ1) is 9.11. The van der Waals surface area contributed by atoms with Crippen LogP contribution in [0.15, 0.2) is 35.4 Å². The SMILES string of the molecule is CSc1ccc(CN(C)C(=O)c2cn[nH]c2C)cc1. The van der Waals surface area contributed by atoms with Crippen molar-refractivity contribution in [1.82, 2.24) is 15.1 Å². The zero-order valence-electron chi connectivity index (χ0n) is 11.3. The summed E-state index contributed by atoms with van der Waals surface area (Å²) < 4.78 is 0. The van der Waals surface area contributed by atoms with Crippen LogP contribution in [-0.4, -0.2) is 34.3 Å². The molecule has 0 aliphatic heterocycles. The molecule has 0 aliphatic carbocycles. The molecular formula is C14H17N3OS. The van der Waals surface area contributed by atoms with Crippen LogP contribution in [0.4, 0.5) is 0 Å². The summed E-state index contributed by atoms with van der Waals surface area (Å²) in [4.78, 5) is 15.1. The normalized spacial score (nSPS) is 10.5. The van der Waals surface area contributed by atoms with E-state index in [2.05, 4.69) is 34.5 Å². The van der Waals surface area contributed by atoms with Crippen LogP contribution in [0.3, 0.4) is 0 Å². The quantitative estimate of drug-likeness (QED) is 0.873. The Balaban J connectivity index is 2.06. The third-order valence-electron chi connectivity index (χ3n) is 2.99. The van der Waals surface area contributed by atoms with Gasteiger partial charge in [-0.1, -0.05) is 12.1 Å². The number of aromatic amines is 1. The molecule has 19 heavy (non-hydrogen) atoms. The van der Waals surface area contributed by atoms with Crippen molar-refractivity contribution in [2.45, 2.75) is 18.4 Å². The lowest BCUT2D eigenvalue weighted by Crippen LogP contribution is -2.26. The van der Waals surface area contributed by atoms with Gasteiger partial charge >= 0.3 is 0 Å². The molecule has 0 saturated heterocycles. The number of hydrogen-bond acceptors (Lipinski definition) is 3. The maximum absolute atomic E-state index is 12.2. The van der Waals surface area contributed by atoms with E-state index in [-0.39, 0.29) is 5.91 Å². The van der Waals surface area contributed by atoms with Crippen molar-refractivity contribution >= 4 is 17.7 Å². The van der Waals surface area contributed by atoms with E-state index in [4.69, 9.17) is 0 Å². The number of aryl methyl sites for hydroxylation is 1. The summed E-state index contributed by atoms with van der Waals surface area (Å²) in [6, 6.07) is 8.25. The standard InChI is InChI=1S/C14H17N3OS/c1-10-13(8-15-16-10)14(18)17(2)9-11-4-6-12(19-3)7-5-11/h4-8H,9H2,1-3H3,(H,15,16). The molecule has 0 spiro atoms. The fourth-order valence-corrected chi connectivity index (χ4v) is 2.26. The molecule has 2 aromatic rings. The highest BCUT2D eigenvalue weighted by molar-refractivity contribution is 7.98. The minimum absolute atomic E-state index is 0.0137. The summed E-state index contributed by atoms with van der Waals surface area (Å²) in [6.07, 6.45) is 3.62. The van der Waals surface area contributed by atoms with Crippen molar-refractivity contribution in [3.8, 4) is 0 Å². The van der Waals surface area contributed by atoms with Crippen molar-refractivity contribution in [2.24, 2.45) is 0 Å². The molecule has 1 aromatic carbocycles. The third kappa shape index (κ3) is 3.17. The molecule has 0 atom stereocenters. The fraction of sp³-hybridized carbons (Fsp3) is 0.286. The molecule has 1 N–H and O–H groups in total. The van der Waals surface area contributed by atoms with Gasteiger partial charge < -0.3 is 4.90 Å². The summed E-state index contributed by atoms with van der Waals surface area (Å²) in [7, 11) is 1.80. The number of amides is 1. The molecule has 0 saturated carbocycles. The smallest absolute Gasteiger partial charge is 0.257 e. The van der Waals surface area contributed by atoms with Gasteiger partial charge in [-0.05, 0) is 30.9 Å². The second-order valence-electron chi connectivity index (χ2n) is 4.42. The van der Waals surface area contributed by atoms with Gasteiger partial charge in [-0.3, -0.25) is 9.89 Å². The minimum atomic E-state index is -0.0137. The van der Waals surface area contributed by atoms with E-state index in [1.165, 1.54) is 4.90 Å². The van der Waals surface area contributed by atoms with E-state index in [0.717, 1.165) is 11.3 Å². The highest BCUT2D eigenvalue weighted by atomic mass is 32.2. The number of nitrogens with zero attached hydrogens (tertiary/aromatic N) is 2. The maximum Gasteiger partial charge on any atom is 0.257 e. The second kappa shape index (κ2) is 5.93. The Morgan fingerprint density at radius 1 is 1.37 bits per heavy atom. The third-order valence-corrected chi connectivity index (χ3v) is 3.73. The Hall–Kier alpha value is -1.75. The molecule has 5 heteroatoms. The summed E-state index contributed by atoms with van der Waals surface area (Å²) in [6.45, 7) is 2.44. The highest BCUT2D eigenvalue weighted by Gasteiger charge is 2.15. The van der Waals surface area contributed by atoms with Crippen LogP contribution < -0.4 is 0 Å². The molecule has 1 amide bonds. The molecule has 100 valence electrons. The van der Waals surface area contributed by atoms with Gasteiger partial charge in [0.15, 0.2) is 0 Å². The molecule has 4 nitrogen and oxygen atoms in total. The van der Waals surface area contributed by atoms with Crippen molar-refractivity contribution in [1.29, 1.82) is 0 Å². The predicted octanol–water partition coefficient (Wildman–Crippen LogP) is 2.71. The molecule has 1 aromatic heterocycles.